The lowest BCUT2D eigenvalue weighted by atomic mass is 9.88. The van der Waals surface area contributed by atoms with Crippen molar-refractivity contribution in [1.82, 2.24) is 4.90 Å². The van der Waals surface area contributed by atoms with Crippen LogP contribution in [0.25, 0.3) is 0 Å². The van der Waals surface area contributed by atoms with Crippen LogP contribution in [0.2, 0.25) is 0 Å². The highest BCUT2D eigenvalue weighted by molar-refractivity contribution is 5.83. The third-order valence-electron chi connectivity index (χ3n) is 4.92. The molecule has 0 bridgehead atoms. The van der Waals surface area contributed by atoms with Crippen LogP contribution in [0.4, 0.5) is 4.39 Å². The van der Waals surface area contributed by atoms with Crippen LogP contribution in [0.3, 0.4) is 0 Å². The molecule has 0 spiro atoms. The third-order valence-corrected chi connectivity index (χ3v) is 4.92. The second kappa shape index (κ2) is 8.20. The van der Waals surface area contributed by atoms with Crippen LogP contribution < -0.4 is 0 Å². The van der Waals surface area contributed by atoms with E-state index in [9.17, 15) is 9.18 Å². The molecule has 3 heteroatoms. The SMILES string of the molecule is O=C(Cc1ccccc1CF)C1CCN(Cc2ccccc2)CC1. The number of nitrogens with zero attached hydrogens (tertiary/aromatic N) is 1. The molecule has 0 saturated carbocycles. The molecule has 2 aromatic carbocycles. The van der Waals surface area contributed by atoms with Crippen molar-refractivity contribution in [3.63, 3.8) is 0 Å². The molecule has 0 amide bonds. The summed E-state index contributed by atoms with van der Waals surface area (Å²) in [6, 6.07) is 17.8. The van der Waals surface area contributed by atoms with Gasteiger partial charge in [-0.2, -0.15) is 0 Å². The first kappa shape index (κ1) is 16.8. The van der Waals surface area contributed by atoms with E-state index in [-0.39, 0.29) is 11.7 Å². The fourth-order valence-electron chi connectivity index (χ4n) is 3.45. The number of hydrogen-bond donors (Lipinski definition) is 0. The van der Waals surface area contributed by atoms with Gasteiger partial charge in [0.1, 0.15) is 12.5 Å². The second-order valence-electron chi connectivity index (χ2n) is 6.58. The standard InChI is InChI=1S/C21H24FNO/c22-15-20-9-5-4-8-19(20)14-21(24)18-10-12-23(13-11-18)16-17-6-2-1-3-7-17/h1-9,18H,10-16H2. The largest absolute Gasteiger partial charge is 0.299 e. The summed E-state index contributed by atoms with van der Waals surface area (Å²) in [5, 5.41) is 0. The molecule has 1 heterocycles. The molecule has 1 fully saturated rings. The van der Waals surface area contributed by atoms with Gasteiger partial charge in [0.25, 0.3) is 0 Å². The number of carbonyl (C=O) groups excluding carboxylic acids is 1. The van der Waals surface area contributed by atoms with Gasteiger partial charge in [-0.05, 0) is 42.6 Å². The normalized spacial score (nSPS) is 16.2. The smallest absolute Gasteiger partial charge is 0.140 e. The number of likely N-dealkylation sites (tertiary alicyclic amines) is 1. The molecule has 0 radical (unpaired) electrons. The van der Waals surface area contributed by atoms with Crippen molar-refractivity contribution in [3.05, 3.63) is 71.3 Å². The van der Waals surface area contributed by atoms with E-state index in [1.807, 2.05) is 24.3 Å². The summed E-state index contributed by atoms with van der Waals surface area (Å²) >= 11 is 0. The van der Waals surface area contributed by atoms with Gasteiger partial charge in [0.2, 0.25) is 0 Å². The molecular formula is C21H24FNO. The monoisotopic (exact) mass is 325 g/mol. The van der Waals surface area contributed by atoms with Crippen molar-refractivity contribution in [2.75, 3.05) is 13.1 Å². The number of halogens is 1. The number of piperidine rings is 1. The predicted octanol–water partition coefficient (Wildman–Crippen LogP) is 4.18. The molecule has 126 valence electrons. The van der Waals surface area contributed by atoms with E-state index in [1.165, 1.54) is 5.56 Å². The Hall–Kier alpha value is -2.00. The molecule has 2 aromatic rings. The number of ketones is 1. The minimum Gasteiger partial charge on any atom is -0.299 e. The molecule has 0 atom stereocenters. The van der Waals surface area contributed by atoms with Gasteiger partial charge in [-0.25, -0.2) is 4.39 Å². The zero-order valence-corrected chi connectivity index (χ0v) is 14.0. The first-order chi connectivity index (χ1) is 11.8. The van der Waals surface area contributed by atoms with E-state index in [4.69, 9.17) is 0 Å². The zero-order valence-electron chi connectivity index (χ0n) is 14.0. The van der Waals surface area contributed by atoms with E-state index in [2.05, 4.69) is 29.2 Å². The van der Waals surface area contributed by atoms with Crippen LogP contribution in [0, 0.1) is 5.92 Å². The van der Waals surface area contributed by atoms with Gasteiger partial charge >= 0.3 is 0 Å². The minimum absolute atomic E-state index is 0.115. The van der Waals surface area contributed by atoms with E-state index in [1.54, 1.807) is 6.07 Å². The van der Waals surface area contributed by atoms with Crippen molar-refractivity contribution in [1.29, 1.82) is 0 Å². The Kier molecular flexibility index (Phi) is 5.76. The molecule has 1 aliphatic heterocycles. The minimum atomic E-state index is -0.501. The number of alkyl halides is 1. The molecule has 1 aliphatic rings. The molecular weight excluding hydrogens is 301 g/mol. The topological polar surface area (TPSA) is 20.3 Å². The Labute approximate surface area is 143 Å². The summed E-state index contributed by atoms with van der Waals surface area (Å²) < 4.78 is 13.0. The molecule has 24 heavy (non-hydrogen) atoms. The van der Waals surface area contributed by atoms with E-state index < -0.39 is 6.67 Å². The van der Waals surface area contributed by atoms with E-state index in [0.29, 0.717) is 12.0 Å². The fraction of sp³-hybridized carbons (Fsp3) is 0.381. The summed E-state index contributed by atoms with van der Waals surface area (Å²) in [6.45, 7) is 2.36. The zero-order chi connectivity index (χ0) is 16.8. The van der Waals surface area contributed by atoms with Crippen LogP contribution in [-0.4, -0.2) is 23.8 Å². The number of benzene rings is 2. The highest BCUT2D eigenvalue weighted by Gasteiger charge is 2.25. The highest BCUT2D eigenvalue weighted by Crippen LogP contribution is 2.22. The first-order valence-corrected chi connectivity index (χ1v) is 8.68. The maximum Gasteiger partial charge on any atom is 0.140 e. The van der Waals surface area contributed by atoms with Gasteiger partial charge < -0.3 is 0 Å². The maximum atomic E-state index is 13.0. The van der Waals surface area contributed by atoms with Crippen LogP contribution in [0.1, 0.15) is 29.5 Å². The van der Waals surface area contributed by atoms with Gasteiger partial charge in [-0.1, -0.05) is 54.6 Å². The molecule has 0 N–H and O–H groups in total. The number of Topliss-reactive ketones (excluding diaryl/α,β-unsaturated/α-hetero) is 1. The first-order valence-electron chi connectivity index (χ1n) is 8.68. The van der Waals surface area contributed by atoms with Gasteiger partial charge in [0.15, 0.2) is 0 Å². The quantitative estimate of drug-likeness (QED) is 0.794. The second-order valence-corrected chi connectivity index (χ2v) is 6.58. The Balaban J connectivity index is 1.52. The summed E-state index contributed by atoms with van der Waals surface area (Å²) in [5.74, 6) is 0.375. The van der Waals surface area contributed by atoms with E-state index >= 15 is 0 Å². The highest BCUT2D eigenvalue weighted by atomic mass is 19.1. The maximum absolute atomic E-state index is 13.0. The fourth-order valence-corrected chi connectivity index (χ4v) is 3.45. The summed E-state index contributed by atoms with van der Waals surface area (Å²) in [6.07, 6.45) is 2.18. The Morgan fingerprint density at radius 2 is 1.58 bits per heavy atom. The number of hydrogen-bond acceptors (Lipinski definition) is 2. The van der Waals surface area contributed by atoms with E-state index in [0.717, 1.165) is 38.0 Å². The van der Waals surface area contributed by atoms with Crippen molar-refractivity contribution < 1.29 is 9.18 Å². The average molecular weight is 325 g/mol. The molecule has 0 aliphatic carbocycles. The average Bonchev–Trinajstić information content (AvgIpc) is 2.63. The molecule has 3 rings (SSSR count). The lowest BCUT2D eigenvalue weighted by Crippen LogP contribution is -2.36. The Bertz CT molecular complexity index is 663. The van der Waals surface area contributed by atoms with Gasteiger partial charge in [-0.15, -0.1) is 0 Å². The van der Waals surface area contributed by atoms with Crippen molar-refractivity contribution >= 4 is 5.78 Å². The predicted molar refractivity (Wildman–Crippen MR) is 94.4 cm³/mol. The van der Waals surface area contributed by atoms with Crippen molar-refractivity contribution in [2.45, 2.75) is 32.5 Å². The summed E-state index contributed by atoms with van der Waals surface area (Å²) in [4.78, 5) is 15.0. The lowest BCUT2D eigenvalue weighted by molar-refractivity contribution is -0.123. The number of rotatable bonds is 6. The summed E-state index contributed by atoms with van der Waals surface area (Å²) in [7, 11) is 0. The van der Waals surface area contributed by atoms with Crippen LogP contribution in [0.5, 0.6) is 0 Å². The lowest BCUT2D eigenvalue weighted by Gasteiger charge is -2.31. The summed E-state index contributed by atoms with van der Waals surface area (Å²) in [5.41, 5.74) is 2.81. The third kappa shape index (κ3) is 4.30. The van der Waals surface area contributed by atoms with Crippen LogP contribution >= 0.6 is 0 Å². The van der Waals surface area contributed by atoms with Gasteiger partial charge in [-0.3, -0.25) is 9.69 Å². The molecule has 2 nitrogen and oxygen atoms in total. The van der Waals surface area contributed by atoms with Crippen LogP contribution in [-0.2, 0) is 24.4 Å². The van der Waals surface area contributed by atoms with Gasteiger partial charge in [0, 0.05) is 18.9 Å². The Morgan fingerprint density at radius 1 is 0.958 bits per heavy atom. The molecule has 0 unspecified atom stereocenters. The molecule has 1 saturated heterocycles. The van der Waals surface area contributed by atoms with Crippen molar-refractivity contribution in [2.24, 2.45) is 5.92 Å². The van der Waals surface area contributed by atoms with Gasteiger partial charge in [0.05, 0.1) is 0 Å². The molecule has 0 aromatic heterocycles. The number of carbonyl (C=O) groups is 1. The Morgan fingerprint density at radius 3 is 2.25 bits per heavy atom. The van der Waals surface area contributed by atoms with Crippen LogP contribution in [0.15, 0.2) is 54.6 Å². The van der Waals surface area contributed by atoms with Crippen molar-refractivity contribution in [3.8, 4) is 0 Å².